The first-order valence-electron chi connectivity index (χ1n) is 10.7. The van der Waals surface area contributed by atoms with Crippen molar-refractivity contribution in [3.8, 4) is 5.69 Å². The fraction of sp³-hybridized carbons (Fsp3) is 0.192. The molecule has 6 heteroatoms. The Balaban J connectivity index is 1.55. The Morgan fingerprint density at radius 2 is 1.69 bits per heavy atom. The maximum atomic E-state index is 13.5. The third-order valence-corrected chi connectivity index (χ3v) is 6.87. The summed E-state index contributed by atoms with van der Waals surface area (Å²) >= 11 is 1.33. The predicted octanol–water partition coefficient (Wildman–Crippen LogP) is 4.84. The summed E-state index contributed by atoms with van der Waals surface area (Å²) < 4.78 is 1.61. The molecule has 2 heterocycles. The van der Waals surface area contributed by atoms with Gasteiger partial charge in [0, 0.05) is 11.7 Å². The van der Waals surface area contributed by atoms with Crippen molar-refractivity contribution < 1.29 is 4.79 Å². The molecule has 0 unspecified atom stereocenters. The number of aromatic nitrogens is 2. The van der Waals surface area contributed by atoms with Crippen LogP contribution in [0.3, 0.4) is 0 Å². The van der Waals surface area contributed by atoms with Gasteiger partial charge in [0.25, 0.3) is 5.56 Å². The highest BCUT2D eigenvalue weighted by atomic mass is 32.2. The number of rotatable bonds is 4. The Morgan fingerprint density at radius 3 is 2.50 bits per heavy atom. The molecule has 3 aromatic carbocycles. The number of anilines is 1. The normalized spacial score (nSPS) is 16.2. The summed E-state index contributed by atoms with van der Waals surface area (Å²) in [5.74, 6) is 0.0227. The van der Waals surface area contributed by atoms with E-state index in [9.17, 15) is 9.59 Å². The van der Waals surface area contributed by atoms with Crippen molar-refractivity contribution in [2.75, 3.05) is 4.90 Å². The van der Waals surface area contributed by atoms with Gasteiger partial charge in [-0.05, 0) is 56.2 Å². The van der Waals surface area contributed by atoms with Gasteiger partial charge in [-0.2, -0.15) is 0 Å². The Morgan fingerprint density at radius 1 is 1.00 bits per heavy atom. The summed E-state index contributed by atoms with van der Waals surface area (Å²) in [6.45, 7) is 3.96. The first-order valence-corrected chi connectivity index (χ1v) is 11.6. The van der Waals surface area contributed by atoms with Gasteiger partial charge in [0.2, 0.25) is 5.91 Å². The van der Waals surface area contributed by atoms with E-state index in [4.69, 9.17) is 4.98 Å². The SMILES string of the molecule is C[C@H](Sc1nc2ccccc2c(=O)n1-c1ccccc1)C(=O)N1c2ccccc2C[C@H]1C. The van der Waals surface area contributed by atoms with Gasteiger partial charge >= 0.3 is 0 Å². The van der Waals surface area contributed by atoms with E-state index in [0.717, 1.165) is 17.8 Å². The number of hydrogen-bond acceptors (Lipinski definition) is 4. The van der Waals surface area contributed by atoms with E-state index in [1.807, 2.05) is 78.6 Å². The van der Waals surface area contributed by atoms with E-state index in [1.54, 1.807) is 10.6 Å². The molecule has 0 bridgehead atoms. The van der Waals surface area contributed by atoms with Gasteiger partial charge in [-0.15, -0.1) is 0 Å². The van der Waals surface area contributed by atoms with E-state index < -0.39 is 5.25 Å². The molecule has 0 saturated heterocycles. The molecule has 5 nitrogen and oxygen atoms in total. The van der Waals surface area contributed by atoms with Gasteiger partial charge in [0.05, 0.1) is 21.8 Å². The molecule has 0 spiro atoms. The molecule has 0 radical (unpaired) electrons. The van der Waals surface area contributed by atoms with Crippen molar-refractivity contribution in [2.45, 2.75) is 36.7 Å². The van der Waals surface area contributed by atoms with Crippen molar-refractivity contribution in [3.05, 3.63) is 94.8 Å². The maximum absolute atomic E-state index is 13.5. The number of carbonyl (C=O) groups excluding carboxylic acids is 1. The minimum absolute atomic E-state index is 0.0227. The van der Waals surface area contributed by atoms with Gasteiger partial charge in [-0.3, -0.25) is 14.2 Å². The van der Waals surface area contributed by atoms with Crippen LogP contribution < -0.4 is 10.5 Å². The van der Waals surface area contributed by atoms with E-state index in [0.29, 0.717) is 16.1 Å². The second-order valence-electron chi connectivity index (χ2n) is 8.04. The zero-order valence-electron chi connectivity index (χ0n) is 17.9. The summed E-state index contributed by atoms with van der Waals surface area (Å²) in [7, 11) is 0. The molecule has 1 aliphatic rings. The Bertz CT molecular complexity index is 1370. The average molecular weight is 442 g/mol. The molecule has 1 amide bonds. The van der Waals surface area contributed by atoms with Crippen LogP contribution in [0.15, 0.2) is 88.8 Å². The second kappa shape index (κ2) is 8.28. The quantitative estimate of drug-likeness (QED) is 0.336. The number of carbonyl (C=O) groups is 1. The van der Waals surface area contributed by atoms with Crippen LogP contribution in [0, 0.1) is 0 Å². The number of fused-ring (bicyclic) bond motifs is 2. The van der Waals surface area contributed by atoms with Crippen LogP contribution in [0.4, 0.5) is 5.69 Å². The van der Waals surface area contributed by atoms with Gasteiger partial charge < -0.3 is 4.90 Å². The summed E-state index contributed by atoms with van der Waals surface area (Å²) in [4.78, 5) is 33.6. The molecule has 2 atom stereocenters. The van der Waals surface area contributed by atoms with Crippen LogP contribution in [-0.2, 0) is 11.2 Å². The highest BCUT2D eigenvalue weighted by Gasteiger charge is 2.34. The number of nitrogens with zero attached hydrogens (tertiary/aromatic N) is 3. The molecule has 32 heavy (non-hydrogen) atoms. The fourth-order valence-corrected chi connectivity index (χ4v) is 5.28. The maximum Gasteiger partial charge on any atom is 0.266 e. The number of para-hydroxylation sites is 3. The molecular formula is C26H23N3O2S. The molecule has 1 aliphatic heterocycles. The minimum atomic E-state index is -0.411. The highest BCUT2D eigenvalue weighted by Crippen LogP contribution is 2.35. The predicted molar refractivity (Wildman–Crippen MR) is 130 cm³/mol. The zero-order chi connectivity index (χ0) is 22.2. The summed E-state index contributed by atoms with van der Waals surface area (Å²) in [6.07, 6.45) is 0.849. The second-order valence-corrected chi connectivity index (χ2v) is 9.35. The molecule has 5 rings (SSSR count). The van der Waals surface area contributed by atoms with Crippen molar-refractivity contribution in [1.29, 1.82) is 0 Å². The molecular weight excluding hydrogens is 418 g/mol. The lowest BCUT2D eigenvalue weighted by atomic mass is 10.1. The van der Waals surface area contributed by atoms with Gasteiger partial charge in [-0.25, -0.2) is 4.98 Å². The van der Waals surface area contributed by atoms with Gasteiger partial charge in [-0.1, -0.05) is 60.3 Å². The first-order chi connectivity index (χ1) is 15.5. The van der Waals surface area contributed by atoms with Crippen LogP contribution in [-0.4, -0.2) is 26.8 Å². The van der Waals surface area contributed by atoms with Crippen molar-refractivity contribution in [2.24, 2.45) is 0 Å². The Labute approximate surface area is 190 Å². The minimum Gasteiger partial charge on any atom is -0.308 e. The zero-order valence-corrected chi connectivity index (χ0v) is 18.8. The Kier molecular flexibility index (Phi) is 5.31. The van der Waals surface area contributed by atoms with Gasteiger partial charge in [0.15, 0.2) is 5.16 Å². The molecule has 0 fully saturated rings. The van der Waals surface area contributed by atoms with Crippen LogP contribution in [0.1, 0.15) is 19.4 Å². The van der Waals surface area contributed by atoms with Gasteiger partial charge in [0.1, 0.15) is 0 Å². The lowest BCUT2D eigenvalue weighted by molar-refractivity contribution is -0.118. The smallest absolute Gasteiger partial charge is 0.266 e. The first kappa shape index (κ1) is 20.5. The molecule has 0 saturated carbocycles. The van der Waals surface area contributed by atoms with Crippen LogP contribution >= 0.6 is 11.8 Å². The number of amides is 1. The lowest BCUT2D eigenvalue weighted by Crippen LogP contribution is -2.40. The molecule has 4 aromatic rings. The van der Waals surface area contributed by atoms with Crippen molar-refractivity contribution in [1.82, 2.24) is 9.55 Å². The largest absolute Gasteiger partial charge is 0.308 e. The average Bonchev–Trinajstić information content (AvgIpc) is 3.15. The van der Waals surface area contributed by atoms with E-state index in [2.05, 4.69) is 13.0 Å². The molecule has 160 valence electrons. The standard InChI is InChI=1S/C26H23N3O2S/c1-17-16-19-10-6-9-15-23(19)28(17)24(30)18(2)32-26-27-22-14-8-7-13-21(22)25(31)29(26)20-11-4-3-5-12-20/h3-15,17-18H,16H2,1-2H3/t17-,18+/m1/s1. The molecule has 0 aliphatic carbocycles. The molecule has 0 N–H and O–H groups in total. The van der Waals surface area contributed by atoms with E-state index in [1.165, 1.54) is 17.3 Å². The highest BCUT2D eigenvalue weighted by molar-refractivity contribution is 8.00. The van der Waals surface area contributed by atoms with Crippen LogP contribution in [0.2, 0.25) is 0 Å². The third-order valence-electron chi connectivity index (χ3n) is 5.83. The van der Waals surface area contributed by atoms with Crippen LogP contribution in [0.25, 0.3) is 16.6 Å². The number of thioether (sulfide) groups is 1. The van der Waals surface area contributed by atoms with Crippen molar-refractivity contribution >= 4 is 34.3 Å². The summed E-state index contributed by atoms with van der Waals surface area (Å²) in [5.41, 5.74) is 3.40. The number of hydrogen-bond donors (Lipinski definition) is 0. The summed E-state index contributed by atoms with van der Waals surface area (Å²) in [5, 5.41) is 0.661. The fourth-order valence-electron chi connectivity index (χ4n) is 4.30. The van der Waals surface area contributed by atoms with E-state index >= 15 is 0 Å². The third kappa shape index (κ3) is 3.50. The van der Waals surface area contributed by atoms with Crippen LogP contribution in [0.5, 0.6) is 0 Å². The lowest BCUT2D eigenvalue weighted by Gasteiger charge is -2.26. The number of benzene rings is 3. The van der Waals surface area contributed by atoms with E-state index in [-0.39, 0.29) is 17.5 Å². The monoisotopic (exact) mass is 441 g/mol. The van der Waals surface area contributed by atoms with Crippen molar-refractivity contribution in [3.63, 3.8) is 0 Å². The topological polar surface area (TPSA) is 55.2 Å². The Hall–Kier alpha value is -3.38. The summed E-state index contributed by atoms with van der Waals surface area (Å²) in [6, 6.07) is 24.9. The molecule has 1 aromatic heterocycles.